The average Bonchev–Trinajstić information content (AvgIpc) is 3.11. The Morgan fingerprint density at radius 1 is 1.57 bits per heavy atom. The molecule has 0 spiro atoms. The zero-order valence-corrected chi connectivity index (χ0v) is 13.9. The highest BCUT2D eigenvalue weighted by atomic mass is 32.2. The van der Waals surface area contributed by atoms with Gasteiger partial charge in [-0.15, -0.1) is 22.7 Å². The number of thiazole rings is 1. The Kier molecular flexibility index (Phi) is 6.19. The monoisotopic (exact) mass is 344 g/mol. The lowest BCUT2D eigenvalue weighted by Crippen LogP contribution is -2.17. The predicted octanol–water partition coefficient (Wildman–Crippen LogP) is 2.46. The molecule has 0 aliphatic carbocycles. The van der Waals surface area contributed by atoms with Crippen LogP contribution in [-0.2, 0) is 4.74 Å². The second-order valence-electron chi connectivity index (χ2n) is 4.15. The fraction of sp³-hybridized carbons (Fsp3) is 0.385. The van der Waals surface area contributed by atoms with Crippen molar-refractivity contribution < 1.29 is 14.6 Å². The third kappa shape index (κ3) is 4.79. The first-order valence-corrected chi connectivity index (χ1v) is 9.02. The van der Waals surface area contributed by atoms with Gasteiger partial charge in [0, 0.05) is 17.7 Å². The van der Waals surface area contributed by atoms with Crippen molar-refractivity contribution in [2.45, 2.75) is 17.4 Å². The molecule has 0 aromatic carbocycles. The lowest BCUT2D eigenvalue weighted by Gasteiger charge is -2.08. The number of ether oxygens (including phenoxy) is 1. The molecule has 1 amide bonds. The van der Waals surface area contributed by atoms with E-state index in [1.54, 1.807) is 6.07 Å². The molecule has 0 radical (unpaired) electrons. The van der Waals surface area contributed by atoms with Gasteiger partial charge in [0.2, 0.25) is 0 Å². The lowest BCUT2D eigenvalue weighted by atomic mass is 10.3. The first-order valence-electron chi connectivity index (χ1n) is 6.34. The quantitative estimate of drug-likeness (QED) is 0.719. The summed E-state index contributed by atoms with van der Waals surface area (Å²) < 4.78 is 6.04. The van der Waals surface area contributed by atoms with Crippen LogP contribution in [0, 0.1) is 0 Å². The van der Waals surface area contributed by atoms with E-state index < -0.39 is 12.0 Å². The molecule has 0 aliphatic heterocycles. The second kappa shape index (κ2) is 7.90. The summed E-state index contributed by atoms with van der Waals surface area (Å²) in [6.07, 6.45) is -0.495. The molecule has 0 fully saturated rings. The van der Waals surface area contributed by atoms with Crippen LogP contribution in [0.4, 0.5) is 0 Å². The van der Waals surface area contributed by atoms with Gasteiger partial charge >= 0.3 is 0 Å². The second-order valence-corrected chi connectivity index (χ2v) is 7.36. The lowest BCUT2D eigenvalue weighted by molar-refractivity contribution is 0.0551. The summed E-state index contributed by atoms with van der Waals surface area (Å²) in [6.45, 7) is 2.84. The zero-order chi connectivity index (χ0) is 15.2. The maximum atomic E-state index is 11.1. The number of hydrogen-bond acceptors (Lipinski definition) is 7. The number of aliphatic hydroxyl groups is 1. The molecule has 2 rings (SSSR count). The molecule has 3 N–H and O–H groups in total. The molecule has 21 heavy (non-hydrogen) atoms. The number of aromatic nitrogens is 1. The van der Waals surface area contributed by atoms with E-state index in [1.165, 1.54) is 34.4 Å². The molecular formula is C13H16N2O3S3. The number of amides is 1. The van der Waals surface area contributed by atoms with Crippen LogP contribution in [0.1, 0.15) is 16.6 Å². The van der Waals surface area contributed by atoms with Crippen LogP contribution in [0.15, 0.2) is 21.9 Å². The minimum absolute atomic E-state index is 0.342. The van der Waals surface area contributed by atoms with Crippen molar-refractivity contribution in [2.75, 3.05) is 19.0 Å². The minimum Gasteiger partial charge on any atom is -0.390 e. The van der Waals surface area contributed by atoms with E-state index in [0.717, 1.165) is 14.9 Å². The molecule has 5 nitrogen and oxygen atoms in total. The summed E-state index contributed by atoms with van der Waals surface area (Å²) >= 11 is 4.35. The summed E-state index contributed by atoms with van der Waals surface area (Å²) in [5.74, 6) is 0.124. The van der Waals surface area contributed by atoms with Crippen LogP contribution in [0.25, 0.3) is 10.6 Å². The molecule has 0 saturated heterocycles. The molecule has 114 valence electrons. The summed E-state index contributed by atoms with van der Waals surface area (Å²) in [5.41, 5.74) is 6.07. The fourth-order valence-corrected chi connectivity index (χ4v) is 4.17. The van der Waals surface area contributed by atoms with Gasteiger partial charge in [0.25, 0.3) is 5.91 Å². The van der Waals surface area contributed by atoms with Crippen molar-refractivity contribution in [1.29, 1.82) is 0 Å². The highest BCUT2D eigenvalue weighted by Crippen LogP contribution is 2.32. The number of thioether (sulfide) groups is 1. The predicted molar refractivity (Wildman–Crippen MR) is 87.2 cm³/mol. The Morgan fingerprint density at radius 3 is 3.05 bits per heavy atom. The van der Waals surface area contributed by atoms with Crippen LogP contribution < -0.4 is 5.73 Å². The normalized spacial score (nSPS) is 12.5. The Balaban J connectivity index is 1.93. The number of rotatable bonds is 8. The number of hydrogen-bond donors (Lipinski definition) is 2. The van der Waals surface area contributed by atoms with Gasteiger partial charge in [-0.1, -0.05) is 11.8 Å². The Morgan fingerprint density at radius 2 is 2.38 bits per heavy atom. The topological polar surface area (TPSA) is 85.4 Å². The van der Waals surface area contributed by atoms with E-state index in [2.05, 4.69) is 4.98 Å². The van der Waals surface area contributed by atoms with Gasteiger partial charge in [0.15, 0.2) is 4.34 Å². The van der Waals surface area contributed by atoms with Crippen LogP contribution >= 0.6 is 34.4 Å². The maximum absolute atomic E-state index is 11.1. The largest absolute Gasteiger partial charge is 0.390 e. The molecule has 2 aromatic rings. The van der Waals surface area contributed by atoms with Gasteiger partial charge in [-0.2, -0.15) is 0 Å². The molecule has 0 saturated carbocycles. The van der Waals surface area contributed by atoms with Crippen molar-refractivity contribution in [3.05, 3.63) is 22.4 Å². The number of aliphatic hydroxyl groups excluding tert-OH is 1. The summed E-state index contributed by atoms with van der Waals surface area (Å²) in [7, 11) is 0. The third-order valence-electron chi connectivity index (χ3n) is 2.50. The summed E-state index contributed by atoms with van der Waals surface area (Å²) in [5, 5.41) is 11.6. The Labute approximate surface area is 135 Å². The van der Waals surface area contributed by atoms with Crippen LogP contribution in [-0.4, -0.2) is 41.1 Å². The van der Waals surface area contributed by atoms with Crippen LogP contribution in [0.5, 0.6) is 0 Å². The van der Waals surface area contributed by atoms with Crippen LogP contribution in [0.2, 0.25) is 0 Å². The van der Waals surface area contributed by atoms with Crippen LogP contribution in [0.3, 0.4) is 0 Å². The molecule has 1 atom stereocenters. The molecule has 0 bridgehead atoms. The number of nitrogens with two attached hydrogens (primary N) is 1. The molecule has 1 unspecified atom stereocenters. The maximum Gasteiger partial charge on any atom is 0.258 e. The van der Waals surface area contributed by atoms with Gasteiger partial charge < -0.3 is 15.6 Å². The number of nitrogens with zero attached hydrogens (tertiary/aromatic N) is 1. The van der Waals surface area contributed by atoms with Crippen molar-refractivity contribution in [2.24, 2.45) is 5.73 Å². The van der Waals surface area contributed by atoms with E-state index in [1.807, 2.05) is 18.4 Å². The van der Waals surface area contributed by atoms with Gasteiger partial charge in [0.05, 0.1) is 28.2 Å². The number of carbonyl (C=O) groups is 1. The Bertz CT molecular complexity index is 597. The molecular weight excluding hydrogens is 328 g/mol. The standard InChI is InChI=1S/C13H16N2O3S3/c1-2-18-5-8(16)6-19-13-15-9(7-20-13)10-3-4-11(21-10)12(14)17/h3-4,7-8,16H,2,5-6H2,1H3,(H2,14,17). The number of thiophene rings is 1. The van der Waals surface area contributed by atoms with Crippen molar-refractivity contribution in [3.8, 4) is 10.6 Å². The van der Waals surface area contributed by atoms with Crippen molar-refractivity contribution in [1.82, 2.24) is 4.98 Å². The van der Waals surface area contributed by atoms with Crippen molar-refractivity contribution in [3.63, 3.8) is 0 Å². The molecule has 2 heterocycles. The first kappa shape index (κ1) is 16.4. The molecule has 0 aliphatic rings. The Hall–Kier alpha value is -0.930. The SMILES string of the molecule is CCOCC(O)CSc1nc(-c2ccc(C(N)=O)s2)cs1. The zero-order valence-electron chi connectivity index (χ0n) is 11.4. The van der Waals surface area contributed by atoms with E-state index >= 15 is 0 Å². The smallest absolute Gasteiger partial charge is 0.258 e. The third-order valence-corrected chi connectivity index (χ3v) is 5.79. The summed E-state index contributed by atoms with van der Waals surface area (Å²) in [4.78, 5) is 17.0. The van der Waals surface area contributed by atoms with E-state index in [4.69, 9.17) is 10.5 Å². The highest BCUT2D eigenvalue weighted by molar-refractivity contribution is 8.01. The number of primary amides is 1. The molecule has 2 aromatic heterocycles. The van der Waals surface area contributed by atoms with Gasteiger partial charge in [0.1, 0.15) is 0 Å². The fourth-order valence-electron chi connectivity index (χ4n) is 1.51. The van der Waals surface area contributed by atoms with Gasteiger partial charge in [-0.05, 0) is 19.1 Å². The van der Waals surface area contributed by atoms with Crippen molar-refractivity contribution >= 4 is 40.3 Å². The minimum atomic E-state index is -0.495. The van der Waals surface area contributed by atoms with E-state index in [-0.39, 0.29) is 0 Å². The molecule has 8 heteroatoms. The van der Waals surface area contributed by atoms with E-state index in [9.17, 15) is 9.90 Å². The summed E-state index contributed by atoms with van der Waals surface area (Å²) in [6, 6.07) is 3.55. The average molecular weight is 344 g/mol. The highest BCUT2D eigenvalue weighted by Gasteiger charge is 2.12. The van der Waals surface area contributed by atoms with Gasteiger partial charge in [-0.3, -0.25) is 4.79 Å². The van der Waals surface area contributed by atoms with Gasteiger partial charge in [-0.25, -0.2) is 4.98 Å². The van der Waals surface area contributed by atoms with E-state index in [0.29, 0.717) is 23.8 Å². The number of carbonyl (C=O) groups excluding carboxylic acids is 1. The first-order chi connectivity index (χ1) is 10.1.